The molecule has 0 fully saturated rings. The van der Waals surface area contributed by atoms with Gasteiger partial charge in [0.05, 0.1) is 24.0 Å². The fourth-order valence-corrected chi connectivity index (χ4v) is 11.5. The minimum absolute atomic E-state index is 0.0123. The first-order valence-corrected chi connectivity index (χ1v) is 45.7. The van der Waals surface area contributed by atoms with Crippen molar-refractivity contribution in [1.82, 2.24) is 57.9 Å². The molecule has 0 unspecified atom stereocenters. The maximum Gasteiger partial charge on any atom is 0.407 e. The molecule has 119 heavy (non-hydrogen) atoms. The number of urea groups is 1. The van der Waals surface area contributed by atoms with E-state index in [0.717, 1.165) is 48.7 Å². The fraction of sp³-hybridized carbons (Fsp3) is 0.874. The van der Waals surface area contributed by atoms with E-state index in [1.807, 2.05) is 158 Å². The van der Waals surface area contributed by atoms with E-state index in [2.05, 4.69) is 286 Å². The van der Waals surface area contributed by atoms with Crippen LogP contribution in [0.3, 0.4) is 0 Å². The van der Waals surface area contributed by atoms with E-state index < -0.39 is 10.0 Å². The van der Waals surface area contributed by atoms with Crippen LogP contribution in [0.1, 0.15) is 412 Å². The Morgan fingerprint density at radius 3 is 0.866 bits per heavy atom. The van der Waals surface area contributed by atoms with Gasteiger partial charge in [0, 0.05) is 75.8 Å². The summed E-state index contributed by atoms with van der Waals surface area (Å²) < 4.78 is 36.2. The van der Waals surface area contributed by atoms with Crippen LogP contribution in [0.5, 0.6) is 0 Å². The molecule has 0 saturated heterocycles. The van der Waals surface area contributed by atoms with Crippen LogP contribution in [0.4, 0.5) is 9.59 Å². The Morgan fingerprint density at radius 1 is 0.303 bits per heavy atom. The normalized spacial score (nSPS) is 13.0. The van der Waals surface area contributed by atoms with Gasteiger partial charge in [-0.25, -0.2) is 22.7 Å². The molecule has 0 bridgehead atoms. The number of hydrogen-bond acceptors (Lipinski definition) is 12. The molecular weight excluding hydrogens is 1570 g/mol. The predicted octanol–water partition coefficient (Wildman–Crippen LogP) is 23.5. The number of amides is 6. The highest BCUT2D eigenvalue weighted by molar-refractivity contribution is 7.89. The molecule has 20 nitrogen and oxygen atoms in total. The third-order valence-corrected chi connectivity index (χ3v) is 15.0. The number of carbonyl (C=O) groups is 5. The lowest BCUT2D eigenvalue weighted by atomic mass is 9.91. The lowest BCUT2D eigenvalue weighted by Crippen LogP contribution is -2.48. The largest absolute Gasteiger partial charge is 0.471 e. The highest BCUT2D eigenvalue weighted by atomic mass is 32.2. The number of sulfonamides is 1. The second-order valence-electron chi connectivity index (χ2n) is 51.4. The topological polar surface area (TPSA) is 270 Å². The van der Waals surface area contributed by atoms with Crippen molar-refractivity contribution in [3.05, 3.63) is 24.3 Å². The molecule has 11 N–H and O–H groups in total. The van der Waals surface area contributed by atoms with Crippen molar-refractivity contribution in [2.24, 2.45) is 48.7 Å². The third-order valence-electron chi connectivity index (χ3n) is 12.2. The quantitative estimate of drug-likeness (QED) is 0.0570. The van der Waals surface area contributed by atoms with Crippen LogP contribution in [-0.4, -0.2) is 135 Å². The summed E-state index contributed by atoms with van der Waals surface area (Å²) in [6, 6.07) is -0.0950. The Hall–Kier alpha value is -4.39. The van der Waals surface area contributed by atoms with Crippen molar-refractivity contribution in [1.29, 1.82) is 0 Å². The summed E-state index contributed by atoms with van der Waals surface area (Å²) in [5, 5.41) is 31.2. The minimum Gasteiger partial charge on any atom is -0.471 e. The molecule has 0 aromatic carbocycles. The van der Waals surface area contributed by atoms with Crippen LogP contribution in [0.2, 0.25) is 0 Å². The van der Waals surface area contributed by atoms with E-state index in [1.54, 1.807) is 12.2 Å². The van der Waals surface area contributed by atoms with Gasteiger partial charge < -0.3 is 62.6 Å². The fourth-order valence-electron chi connectivity index (χ4n) is 7.87. The van der Waals surface area contributed by atoms with Crippen LogP contribution in [0, 0.1) is 48.7 Å². The van der Waals surface area contributed by atoms with Crippen LogP contribution >= 0.6 is 36.7 Å². The summed E-state index contributed by atoms with van der Waals surface area (Å²) in [5.74, 6) is 0.274. The molecular formula is C95H199N11O9S4. The zero-order chi connectivity index (χ0) is 97.9. The number of ether oxygens (including phenoxy) is 2. The molecule has 0 rings (SSSR count). The van der Waals surface area contributed by atoms with Gasteiger partial charge in [-0.05, 0) is 298 Å². The van der Waals surface area contributed by atoms with Crippen molar-refractivity contribution in [3.63, 3.8) is 0 Å². The Morgan fingerprint density at radius 2 is 0.605 bits per heavy atom. The van der Waals surface area contributed by atoms with E-state index >= 15 is 0 Å². The van der Waals surface area contributed by atoms with Gasteiger partial charge in [-0.1, -0.05) is 211 Å². The van der Waals surface area contributed by atoms with Crippen molar-refractivity contribution in [2.75, 3.05) is 32.1 Å². The molecule has 0 spiro atoms. The second-order valence-corrected chi connectivity index (χ2v) is 54.4. The molecule has 0 aromatic rings. The molecule has 0 saturated carbocycles. The molecule has 0 aliphatic heterocycles. The minimum atomic E-state index is -3.15. The molecule has 0 aromatic heterocycles. The number of rotatable bonds is 14. The van der Waals surface area contributed by atoms with Crippen LogP contribution in [0.15, 0.2) is 24.3 Å². The number of allylic oxidation sites excluding steroid dienone is 2. The smallest absolute Gasteiger partial charge is 0.407 e. The maximum atomic E-state index is 11.6. The van der Waals surface area contributed by atoms with Gasteiger partial charge >= 0.3 is 12.1 Å². The van der Waals surface area contributed by atoms with Crippen molar-refractivity contribution in [2.45, 2.75) is 462 Å². The summed E-state index contributed by atoms with van der Waals surface area (Å²) in [5.41, 5.74) is 0.527. The van der Waals surface area contributed by atoms with E-state index in [-0.39, 0.29) is 129 Å². The van der Waals surface area contributed by atoms with Crippen molar-refractivity contribution in [3.8, 4) is 0 Å². The van der Waals surface area contributed by atoms with Crippen LogP contribution in [-0.2, 0) is 33.9 Å². The van der Waals surface area contributed by atoms with Crippen LogP contribution < -0.4 is 57.9 Å². The molecule has 0 aliphatic rings. The molecule has 0 atom stereocenters. The monoisotopic (exact) mass is 1770 g/mol. The molecule has 0 aliphatic carbocycles. The molecule has 0 heterocycles. The van der Waals surface area contributed by atoms with Gasteiger partial charge in [-0.15, -0.1) is 0 Å². The van der Waals surface area contributed by atoms with Crippen molar-refractivity contribution >= 4 is 91.8 Å². The summed E-state index contributed by atoms with van der Waals surface area (Å²) in [7, 11) is -3.15. The Labute approximate surface area is 754 Å². The number of alkyl carbamates (subject to hydrolysis) is 1. The number of nitrogens with one attached hydrogen (secondary N) is 11. The third kappa shape index (κ3) is 149. The summed E-state index contributed by atoms with van der Waals surface area (Å²) in [4.78, 5) is 57.5. The van der Waals surface area contributed by atoms with E-state index in [0.29, 0.717) is 36.8 Å². The molecule has 0 radical (unpaired) electrons. The zero-order valence-electron chi connectivity index (χ0n) is 87.9. The highest BCUT2D eigenvalue weighted by Crippen LogP contribution is 2.24. The maximum absolute atomic E-state index is 11.6. The van der Waals surface area contributed by atoms with E-state index in [9.17, 15) is 32.4 Å². The molecule has 24 heteroatoms. The van der Waals surface area contributed by atoms with Gasteiger partial charge in [0.25, 0.3) is 5.17 Å². The first-order chi connectivity index (χ1) is 51.2. The summed E-state index contributed by atoms with van der Waals surface area (Å²) in [6.07, 6.45) is 12.1. The first kappa shape index (κ1) is 133. The number of hydrogen-bond donors (Lipinski definition) is 11. The van der Waals surface area contributed by atoms with E-state index in [1.165, 1.54) is 0 Å². The van der Waals surface area contributed by atoms with E-state index in [4.69, 9.17) is 46.1 Å². The lowest BCUT2D eigenvalue weighted by Gasteiger charge is -2.26. The lowest BCUT2D eigenvalue weighted by molar-refractivity contribution is -0.124. The summed E-state index contributed by atoms with van der Waals surface area (Å²) >= 11 is 15.4. The van der Waals surface area contributed by atoms with Crippen molar-refractivity contribution < 1.29 is 41.9 Å². The standard InChI is InChI=1S/2C12H23NO.C11H23NO2.C11H23NOS.C10H22N2O.C10H22N2S.C10H21NO.C10H21NS.C9H21NO2S/c2*1-11(2,3)9-7-8-10(14)13-12(4,5)6;1-10(2,3)7-8-14-9(13)12-11(4,5)6;1-10(2,3)7-8-13-9(14)12-11(4,5)6;2*1-9(2,3)7-11-8(13)12-10(4,5)6;2*1-9(2,3)7-8(12)11-10(4,5)6;1-8(2,3)7-13(11,12)10-9(4,5)6/h2*7-8H,9H2,1-6H3,(H,13,14);7-8H2,1-6H3,(H,12,13);7-8H2,1-6H3,(H,12,14);2*7H2,1-6H3,(H2,11,12,13);2*7H2,1-6H3,(H,11,12);10H,7H2,1-6H3/b8-7+;8-7-;;;;;;;. The number of thiocarbonyl (C=S) groups is 3. The van der Waals surface area contributed by atoms with Gasteiger partial charge in [-0.3, -0.25) is 14.4 Å². The Balaban J connectivity index is -0.000000164. The van der Waals surface area contributed by atoms with Crippen LogP contribution in [0.25, 0.3) is 0 Å². The Bertz CT molecular complexity index is 2800. The molecule has 712 valence electrons. The predicted molar refractivity (Wildman–Crippen MR) is 532 cm³/mol. The summed E-state index contributed by atoms with van der Waals surface area (Å²) in [6.45, 7) is 114. The highest BCUT2D eigenvalue weighted by Gasteiger charge is 2.27. The average Bonchev–Trinajstić information content (AvgIpc) is 0.856. The van der Waals surface area contributed by atoms with Gasteiger partial charge in [0.15, 0.2) is 5.11 Å². The number of carbonyl (C=O) groups excluding carboxylic acids is 5. The molecule has 6 amide bonds. The second kappa shape index (κ2) is 55.2. The zero-order valence-corrected chi connectivity index (χ0v) is 91.2. The van der Waals surface area contributed by atoms with Gasteiger partial charge in [0.1, 0.15) is 0 Å². The first-order valence-electron chi connectivity index (χ1n) is 42.9. The SMILES string of the molecule is CC(C)(C)C/C=C/C(=O)NC(C)(C)C.CC(C)(C)C/C=C\C(=O)NC(C)(C)C.CC(C)(C)CC(=O)NC(C)(C)C.CC(C)(C)CC(=S)NC(C)(C)C.CC(C)(C)CCOC(=O)NC(C)(C)C.CC(C)(C)CCOC(=S)NC(C)(C)C.CC(C)(C)CNC(=O)NC(C)(C)C.CC(C)(C)CNC(=S)NC(C)(C)C.CC(C)(C)CS(=O)(=O)NC(C)(C)C. The Kier molecular flexibility index (Phi) is 61.5. The van der Waals surface area contributed by atoms with Gasteiger partial charge in [-0.2, -0.15) is 0 Å². The van der Waals surface area contributed by atoms with Gasteiger partial charge in [0.2, 0.25) is 27.7 Å². The average molecular weight is 1770 g/mol.